The van der Waals surface area contributed by atoms with Crippen LogP contribution in [0.4, 0.5) is 0 Å². The molecule has 5 heteroatoms. The summed E-state index contributed by atoms with van der Waals surface area (Å²) in [5.74, 6) is 0.758. The van der Waals surface area contributed by atoms with Gasteiger partial charge in [-0.15, -0.1) is 0 Å². The molecule has 0 aromatic carbocycles. The predicted molar refractivity (Wildman–Crippen MR) is 72.0 cm³/mol. The highest BCUT2D eigenvalue weighted by molar-refractivity contribution is 5.02. The molecular weight excluding hydrogens is 242 g/mol. The first-order valence-electron chi connectivity index (χ1n) is 7.02. The van der Waals surface area contributed by atoms with Crippen LogP contribution in [0.15, 0.2) is 10.9 Å². The van der Waals surface area contributed by atoms with Crippen molar-refractivity contribution in [2.24, 2.45) is 0 Å². The largest absolute Gasteiger partial charge is 0.369 e. The Morgan fingerprint density at radius 1 is 1.58 bits per heavy atom. The number of hydrogen-bond acceptors (Lipinski definition) is 4. The van der Waals surface area contributed by atoms with E-state index in [0.717, 1.165) is 37.4 Å². The molecule has 2 aliphatic rings. The van der Waals surface area contributed by atoms with Crippen molar-refractivity contribution in [3.05, 3.63) is 27.9 Å². The Balaban J connectivity index is 1.73. The van der Waals surface area contributed by atoms with Gasteiger partial charge in [0.1, 0.15) is 5.82 Å². The molecule has 0 amide bonds. The van der Waals surface area contributed by atoms with Crippen molar-refractivity contribution in [2.45, 2.75) is 51.4 Å². The van der Waals surface area contributed by atoms with E-state index in [1.54, 1.807) is 0 Å². The fraction of sp³-hybridized carbons (Fsp3) is 0.714. The van der Waals surface area contributed by atoms with Crippen LogP contribution in [-0.4, -0.2) is 39.7 Å². The van der Waals surface area contributed by atoms with Crippen molar-refractivity contribution in [1.29, 1.82) is 0 Å². The molecule has 1 saturated heterocycles. The zero-order chi connectivity index (χ0) is 13.5. The maximum atomic E-state index is 11.5. The summed E-state index contributed by atoms with van der Waals surface area (Å²) < 4.78 is 6.09. The number of aryl methyl sites for hydroxylation is 1. The second kappa shape index (κ2) is 4.72. The summed E-state index contributed by atoms with van der Waals surface area (Å²) in [6, 6.07) is 1.53. The molecule has 3 rings (SSSR count). The fourth-order valence-electron chi connectivity index (χ4n) is 3.23. The summed E-state index contributed by atoms with van der Waals surface area (Å²) in [7, 11) is 0. The number of aromatic amines is 1. The number of ether oxygens (including phenoxy) is 1. The number of nitrogens with zero attached hydrogens (tertiary/aromatic N) is 2. The lowest BCUT2D eigenvalue weighted by molar-refractivity contribution is -0.186. The Hall–Kier alpha value is -1.20. The maximum absolute atomic E-state index is 11.5. The minimum atomic E-state index is -0.0674. The first kappa shape index (κ1) is 12.8. The average molecular weight is 263 g/mol. The zero-order valence-electron chi connectivity index (χ0n) is 11.6. The van der Waals surface area contributed by atoms with Crippen LogP contribution >= 0.6 is 0 Å². The van der Waals surface area contributed by atoms with Gasteiger partial charge in [-0.05, 0) is 33.1 Å². The van der Waals surface area contributed by atoms with Crippen LogP contribution < -0.4 is 5.56 Å². The summed E-state index contributed by atoms with van der Waals surface area (Å²) in [6.07, 6.45) is 3.84. The van der Waals surface area contributed by atoms with Crippen molar-refractivity contribution >= 4 is 0 Å². The fourth-order valence-corrected chi connectivity index (χ4v) is 3.23. The summed E-state index contributed by atoms with van der Waals surface area (Å²) >= 11 is 0. The predicted octanol–water partition coefficient (Wildman–Crippen LogP) is 1.22. The third-order valence-corrected chi connectivity index (χ3v) is 4.04. The van der Waals surface area contributed by atoms with Gasteiger partial charge in [0.2, 0.25) is 0 Å². The summed E-state index contributed by atoms with van der Waals surface area (Å²) in [4.78, 5) is 21.1. The molecule has 1 aromatic heterocycles. The quantitative estimate of drug-likeness (QED) is 0.871. The molecule has 1 N–H and O–H groups in total. The second-order valence-corrected chi connectivity index (χ2v) is 5.97. The van der Waals surface area contributed by atoms with Crippen molar-refractivity contribution < 1.29 is 4.74 Å². The Morgan fingerprint density at radius 3 is 3.00 bits per heavy atom. The summed E-state index contributed by atoms with van der Waals surface area (Å²) in [5, 5.41) is 0. The number of aromatic nitrogens is 2. The van der Waals surface area contributed by atoms with Gasteiger partial charge < -0.3 is 9.72 Å². The maximum Gasteiger partial charge on any atom is 0.251 e. The van der Waals surface area contributed by atoms with E-state index in [0.29, 0.717) is 6.54 Å². The van der Waals surface area contributed by atoms with Gasteiger partial charge in [-0.3, -0.25) is 9.69 Å². The Kier molecular flexibility index (Phi) is 3.19. The molecule has 1 spiro atoms. The molecule has 1 aliphatic heterocycles. The van der Waals surface area contributed by atoms with Gasteiger partial charge in [-0.2, -0.15) is 0 Å². The highest BCUT2D eigenvalue weighted by Gasteiger charge is 2.44. The highest BCUT2D eigenvalue weighted by atomic mass is 16.5. The van der Waals surface area contributed by atoms with E-state index >= 15 is 0 Å². The third kappa shape index (κ3) is 2.72. The van der Waals surface area contributed by atoms with Gasteiger partial charge in [0.25, 0.3) is 5.56 Å². The van der Waals surface area contributed by atoms with E-state index in [-0.39, 0.29) is 17.3 Å². The molecule has 104 valence electrons. The van der Waals surface area contributed by atoms with E-state index in [1.165, 1.54) is 12.5 Å². The van der Waals surface area contributed by atoms with E-state index in [2.05, 4.69) is 21.8 Å². The van der Waals surface area contributed by atoms with Gasteiger partial charge in [0.05, 0.1) is 18.2 Å². The average Bonchev–Trinajstić information content (AvgIpc) is 2.24. The van der Waals surface area contributed by atoms with Gasteiger partial charge in [0, 0.05) is 24.8 Å². The molecule has 1 aliphatic carbocycles. The van der Waals surface area contributed by atoms with Crippen molar-refractivity contribution in [2.75, 3.05) is 13.1 Å². The number of morpholine rings is 1. The van der Waals surface area contributed by atoms with E-state index in [4.69, 9.17) is 4.74 Å². The van der Waals surface area contributed by atoms with Crippen molar-refractivity contribution in [1.82, 2.24) is 14.9 Å². The van der Waals surface area contributed by atoms with Gasteiger partial charge in [0.15, 0.2) is 0 Å². The van der Waals surface area contributed by atoms with Gasteiger partial charge in [-0.25, -0.2) is 4.98 Å². The van der Waals surface area contributed by atoms with Crippen molar-refractivity contribution in [3.63, 3.8) is 0 Å². The Morgan fingerprint density at radius 2 is 2.37 bits per heavy atom. The smallest absolute Gasteiger partial charge is 0.251 e. The summed E-state index contributed by atoms with van der Waals surface area (Å²) in [5.41, 5.74) is 0.780. The number of hydrogen-bond donors (Lipinski definition) is 1. The molecule has 2 heterocycles. The van der Waals surface area contributed by atoms with Crippen molar-refractivity contribution in [3.8, 4) is 0 Å². The number of nitrogens with one attached hydrogen (secondary N) is 1. The standard InChI is InChI=1S/C14H21N3O2/c1-10-6-13(18)16-12(15-10)8-17-7-11(2)19-14(9-17)4-3-5-14/h6,11H,3-5,7-9H2,1-2H3,(H,15,16,18)/t11-/m0/s1. The second-order valence-electron chi connectivity index (χ2n) is 5.97. The molecule has 0 unspecified atom stereocenters. The van der Waals surface area contributed by atoms with Crippen LogP contribution in [0.5, 0.6) is 0 Å². The highest BCUT2D eigenvalue weighted by Crippen LogP contribution is 2.39. The van der Waals surface area contributed by atoms with E-state index in [9.17, 15) is 4.79 Å². The minimum absolute atomic E-state index is 0.0674. The first-order chi connectivity index (χ1) is 9.05. The van der Waals surface area contributed by atoms with Crippen LogP contribution in [0.1, 0.15) is 37.7 Å². The monoisotopic (exact) mass is 263 g/mol. The minimum Gasteiger partial charge on any atom is -0.369 e. The molecule has 2 fully saturated rings. The molecular formula is C14H21N3O2. The van der Waals surface area contributed by atoms with Crippen LogP contribution in [0.2, 0.25) is 0 Å². The van der Waals surface area contributed by atoms with E-state index in [1.807, 2.05) is 6.92 Å². The molecule has 1 aromatic rings. The molecule has 5 nitrogen and oxygen atoms in total. The zero-order valence-corrected chi connectivity index (χ0v) is 11.6. The normalized spacial score (nSPS) is 26.3. The molecule has 1 atom stereocenters. The molecule has 0 radical (unpaired) electrons. The summed E-state index contributed by atoms with van der Waals surface area (Å²) in [6.45, 7) is 6.54. The van der Waals surface area contributed by atoms with Gasteiger partial charge in [-0.1, -0.05) is 0 Å². The lowest BCUT2D eigenvalue weighted by Gasteiger charge is -2.50. The molecule has 0 bridgehead atoms. The Bertz CT molecular complexity index is 522. The van der Waals surface area contributed by atoms with Crippen LogP contribution in [0, 0.1) is 6.92 Å². The topological polar surface area (TPSA) is 58.2 Å². The van der Waals surface area contributed by atoms with E-state index < -0.39 is 0 Å². The van der Waals surface area contributed by atoms with Crippen LogP contribution in [0.25, 0.3) is 0 Å². The lowest BCUT2D eigenvalue weighted by atomic mass is 9.78. The van der Waals surface area contributed by atoms with Crippen LogP contribution in [-0.2, 0) is 11.3 Å². The molecule has 1 saturated carbocycles. The van der Waals surface area contributed by atoms with Gasteiger partial charge >= 0.3 is 0 Å². The SMILES string of the molecule is Cc1cc(=O)[nH]c(CN2C[C@H](C)OC3(CCC3)C2)n1. The number of rotatable bonds is 2. The first-order valence-corrected chi connectivity index (χ1v) is 7.02. The Labute approximate surface area is 113 Å². The third-order valence-electron chi connectivity index (χ3n) is 4.04. The van der Waals surface area contributed by atoms with Crippen LogP contribution in [0.3, 0.4) is 0 Å². The lowest BCUT2D eigenvalue weighted by Crippen LogP contribution is -2.58. The molecule has 19 heavy (non-hydrogen) atoms. The number of H-pyrrole nitrogens is 1.